The van der Waals surface area contributed by atoms with Crippen molar-refractivity contribution in [3.63, 3.8) is 0 Å². The molecule has 1 heterocycles. The Kier molecular flexibility index (Phi) is 4.42. The molecule has 0 aromatic heterocycles. The largest absolute Gasteiger partial charge is 0.331 e. The molecular formula is C16H17F2N3O2S. The van der Waals surface area contributed by atoms with Crippen molar-refractivity contribution in [2.75, 3.05) is 28.7 Å². The van der Waals surface area contributed by atoms with Crippen molar-refractivity contribution in [3.05, 3.63) is 54.1 Å². The predicted molar refractivity (Wildman–Crippen MR) is 89.7 cm³/mol. The van der Waals surface area contributed by atoms with Crippen LogP contribution in [0.3, 0.4) is 0 Å². The van der Waals surface area contributed by atoms with Gasteiger partial charge in [0.25, 0.3) is 0 Å². The first-order chi connectivity index (χ1) is 11.5. The predicted octanol–water partition coefficient (Wildman–Crippen LogP) is 2.78. The minimum Gasteiger partial charge on any atom is -0.320 e. The van der Waals surface area contributed by atoms with Gasteiger partial charge in [-0.05, 0) is 44.3 Å². The molecule has 0 saturated heterocycles. The van der Waals surface area contributed by atoms with E-state index in [4.69, 9.17) is 0 Å². The van der Waals surface area contributed by atoms with Crippen molar-refractivity contribution in [3.8, 4) is 0 Å². The van der Waals surface area contributed by atoms with Crippen LogP contribution in [0.2, 0.25) is 0 Å². The lowest BCUT2D eigenvalue weighted by Gasteiger charge is -2.22. The van der Waals surface area contributed by atoms with Crippen molar-refractivity contribution in [2.24, 2.45) is 0 Å². The summed E-state index contributed by atoms with van der Waals surface area (Å²) in [5.74, 6) is -1.44. The van der Waals surface area contributed by atoms with E-state index in [0.29, 0.717) is 13.0 Å². The maximum Gasteiger partial charge on any atom is 0.331 e. The maximum absolute atomic E-state index is 14.4. The van der Waals surface area contributed by atoms with Crippen molar-refractivity contribution in [2.45, 2.75) is 6.42 Å². The van der Waals surface area contributed by atoms with Crippen LogP contribution in [-0.2, 0) is 10.2 Å². The lowest BCUT2D eigenvalue weighted by Crippen LogP contribution is -2.37. The molecule has 24 heavy (non-hydrogen) atoms. The standard InChI is InChI=1S/C16H17F2N3O2S/c1-19-10-5-11-20-15-9-4-7-13(18)16(15)21(24(20,22)23)14-8-3-2-6-12(14)17/h2-4,6-9,19H,5,10-11H2,1H3. The van der Waals surface area contributed by atoms with Crippen LogP contribution < -0.4 is 13.9 Å². The molecule has 0 radical (unpaired) electrons. The Labute approximate surface area is 139 Å². The number of nitrogens with one attached hydrogen (secondary N) is 1. The molecule has 1 N–H and O–H groups in total. The smallest absolute Gasteiger partial charge is 0.320 e. The van der Waals surface area contributed by atoms with Crippen molar-refractivity contribution >= 4 is 27.3 Å². The minimum atomic E-state index is -4.11. The van der Waals surface area contributed by atoms with Crippen LogP contribution in [0.4, 0.5) is 25.8 Å². The highest BCUT2D eigenvalue weighted by Gasteiger charge is 2.43. The molecule has 0 unspecified atom stereocenters. The monoisotopic (exact) mass is 353 g/mol. The summed E-state index contributed by atoms with van der Waals surface area (Å²) in [5.41, 5.74) is -0.124. The van der Waals surface area contributed by atoms with Gasteiger partial charge in [0.15, 0.2) is 0 Å². The molecule has 0 bridgehead atoms. The van der Waals surface area contributed by atoms with E-state index in [-0.39, 0.29) is 23.6 Å². The lowest BCUT2D eigenvalue weighted by atomic mass is 10.2. The number of nitrogens with zero attached hydrogens (tertiary/aromatic N) is 2. The summed E-state index contributed by atoms with van der Waals surface area (Å²) in [6.07, 6.45) is 0.538. The lowest BCUT2D eigenvalue weighted by molar-refractivity contribution is 0.586. The SMILES string of the molecule is CNCCCN1c2cccc(F)c2N(c2ccccc2F)S1(=O)=O. The summed E-state index contributed by atoms with van der Waals surface area (Å²) in [4.78, 5) is 0. The Balaban J connectivity index is 2.15. The molecular weight excluding hydrogens is 336 g/mol. The highest BCUT2D eigenvalue weighted by molar-refractivity contribution is 7.95. The van der Waals surface area contributed by atoms with Crippen molar-refractivity contribution < 1.29 is 17.2 Å². The van der Waals surface area contributed by atoms with Gasteiger partial charge in [-0.3, -0.25) is 4.31 Å². The Hall–Kier alpha value is -2.19. The van der Waals surface area contributed by atoms with E-state index in [9.17, 15) is 17.2 Å². The molecule has 3 rings (SSSR count). The molecule has 0 amide bonds. The molecule has 1 aliphatic rings. The zero-order chi connectivity index (χ0) is 17.3. The summed E-state index contributed by atoms with van der Waals surface area (Å²) >= 11 is 0. The molecule has 0 aliphatic carbocycles. The fraction of sp³-hybridized carbons (Fsp3) is 0.250. The molecule has 128 valence electrons. The zero-order valence-electron chi connectivity index (χ0n) is 13.0. The molecule has 0 saturated carbocycles. The summed E-state index contributed by atoms with van der Waals surface area (Å²) < 4.78 is 56.3. The number of fused-ring (bicyclic) bond motifs is 1. The summed E-state index contributed by atoms with van der Waals surface area (Å²) in [6.45, 7) is 0.779. The normalized spacial score (nSPS) is 15.6. The Morgan fingerprint density at radius 3 is 2.38 bits per heavy atom. The van der Waals surface area contributed by atoms with Crippen LogP contribution in [0.15, 0.2) is 42.5 Å². The molecule has 2 aromatic carbocycles. The number of rotatable bonds is 5. The fourth-order valence-electron chi connectivity index (χ4n) is 2.74. The molecule has 0 fully saturated rings. The van der Waals surface area contributed by atoms with Gasteiger partial charge in [0.1, 0.15) is 17.3 Å². The van der Waals surface area contributed by atoms with Gasteiger partial charge < -0.3 is 5.32 Å². The number of halogens is 2. The van der Waals surface area contributed by atoms with Crippen LogP contribution in [0.5, 0.6) is 0 Å². The number of anilines is 3. The molecule has 0 spiro atoms. The third-order valence-corrected chi connectivity index (χ3v) is 5.58. The van der Waals surface area contributed by atoms with Gasteiger partial charge in [-0.25, -0.2) is 13.1 Å². The second kappa shape index (κ2) is 6.37. The number of hydrogen-bond donors (Lipinski definition) is 1. The van der Waals surface area contributed by atoms with Crippen LogP contribution in [0.1, 0.15) is 6.42 Å². The first kappa shape index (κ1) is 16.7. The van der Waals surface area contributed by atoms with Gasteiger partial charge in [0, 0.05) is 6.54 Å². The second-order valence-corrected chi connectivity index (χ2v) is 7.06. The highest BCUT2D eigenvalue weighted by atomic mass is 32.2. The number of benzene rings is 2. The van der Waals surface area contributed by atoms with E-state index in [0.717, 1.165) is 14.7 Å². The molecule has 8 heteroatoms. The zero-order valence-corrected chi connectivity index (χ0v) is 13.9. The summed E-state index contributed by atoms with van der Waals surface area (Å²) in [6, 6.07) is 9.57. The summed E-state index contributed by atoms with van der Waals surface area (Å²) in [5, 5.41) is 2.94. The van der Waals surface area contributed by atoms with Crippen molar-refractivity contribution in [1.29, 1.82) is 0 Å². The van der Waals surface area contributed by atoms with Crippen LogP contribution in [0, 0.1) is 11.6 Å². The summed E-state index contributed by atoms with van der Waals surface area (Å²) in [7, 11) is -2.34. The van der Waals surface area contributed by atoms with E-state index in [2.05, 4.69) is 5.32 Å². The number of hydrogen-bond acceptors (Lipinski definition) is 3. The van der Waals surface area contributed by atoms with Gasteiger partial charge in [-0.2, -0.15) is 8.42 Å². The van der Waals surface area contributed by atoms with Gasteiger partial charge in [0.05, 0.1) is 11.4 Å². The van der Waals surface area contributed by atoms with E-state index >= 15 is 0 Å². The van der Waals surface area contributed by atoms with E-state index < -0.39 is 21.8 Å². The van der Waals surface area contributed by atoms with E-state index in [1.165, 1.54) is 36.4 Å². The molecule has 1 aliphatic heterocycles. The Bertz CT molecular complexity index is 858. The molecule has 5 nitrogen and oxygen atoms in total. The fourth-order valence-corrected chi connectivity index (χ4v) is 4.50. The van der Waals surface area contributed by atoms with Crippen molar-refractivity contribution in [1.82, 2.24) is 5.32 Å². The van der Waals surface area contributed by atoms with E-state index in [1.54, 1.807) is 7.05 Å². The van der Waals surface area contributed by atoms with Crippen LogP contribution in [0.25, 0.3) is 0 Å². The molecule has 0 atom stereocenters. The third kappa shape index (κ3) is 2.61. The third-order valence-electron chi connectivity index (χ3n) is 3.81. The number of para-hydroxylation sites is 2. The Morgan fingerprint density at radius 1 is 1.00 bits per heavy atom. The average Bonchev–Trinajstić information content (AvgIpc) is 2.77. The topological polar surface area (TPSA) is 52.6 Å². The van der Waals surface area contributed by atoms with Crippen LogP contribution >= 0.6 is 0 Å². The Morgan fingerprint density at radius 2 is 1.67 bits per heavy atom. The average molecular weight is 353 g/mol. The quantitative estimate of drug-likeness (QED) is 0.841. The van der Waals surface area contributed by atoms with Crippen LogP contribution in [-0.4, -0.2) is 28.6 Å². The highest BCUT2D eigenvalue weighted by Crippen LogP contribution is 2.47. The first-order valence-corrected chi connectivity index (χ1v) is 8.89. The first-order valence-electron chi connectivity index (χ1n) is 7.49. The maximum atomic E-state index is 14.4. The van der Waals surface area contributed by atoms with Gasteiger partial charge >= 0.3 is 10.2 Å². The minimum absolute atomic E-state index is 0.146. The molecule has 2 aromatic rings. The van der Waals surface area contributed by atoms with Gasteiger partial charge in [-0.1, -0.05) is 18.2 Å². The van der Waals surface area contributed by atoms with Gasteiger partial charge in [-0.15, -0.1) is 0 Å². The second-order valence-electron chi connectivity index (χ2n) is 5.36. The van der Waals surface area contributed by atoms with Gasteiger partial charge in [0.2, 0.25) is 0 Å². The van der Waals surface area contributed by atoms with E-state index in [1.807, 2.05) is 0 Å².